The highest BCUT2D eigenvalue weighted by Gasteiger charge is 2.22. The molecule has 8 aromatic carbocycles. The lowest BCUT2D eigenvalue weighted by molar-refractivity contribution is 1.07. The molecule has 0 atom stereocenters. The van der Waals surface area contributed by atoms with Crippen molar-refractivity contribution in [3.8, 4) is 45.5 Å². The van der Waals surface area contributed by atoms with Gasteiger partial charge in [-0.15, -0.1) is 0 Å². The first kappa shape index (κ1) is 30.3. The number of nitrogens with zero attached hydrogens (tertiary/aromatic N) is 5. The number of rotatable bonds is 5. The Kier molecular flexibility index (Phi) is 6.79. The number of benzene rings is 8. The van der Waals surface area contributed by atoms with E-state index in [1.54, 1.807) is 0 Å². The lowest BCUT2D eigenvalue weighted by atomic mass is 10.0. The molecule has 0 aliphatic carbocycles. The summed E-state index contributed by atoms with van der Waals surface area (Å²) in [6.07, 6.45) is 0. The van der Waals surface area contributed by atoms with Gasteiger partial charge < -0.3 is 9.13 Å². The van der Waals surface area contributed by atoms with Crippen LogP contribution in [0, 0.1) is 0 Å². The molecule has 0 aliphatic heterocycles. The van der Waals surface area contributed by atoms with Gasteiger partial charge in [0.15, 0.2) is 17.5 Å². The number of hydrogen-bond donors (Lipinski definition) is 0. The Hall–Kier alpha value is -7.37. The van der Waals surface area contributed by atoms with Gasteiger partial charge in [-0.3, -0.25) is 0 Å². The predicted molar refractivity (Wildman–Crippen MR) is 222 cm³/mol. The van der Waals surface area contributed by atoms with Crippen molar-refractivity contribution in [1.82, 2.24) is 24.1 Å². The maximum Gasteiger partial charge on any atom is 0.164 e. The molecule has 0 unspecified atom stereocenters. The average molecular weight is 690 g/mol. The van der Waals surface area contributed by atoms with Crippen LogP contribution in [0.4, 0.5) is 0 Å². The lowest BCUT2D eigenvalue weighted by Gasteiger charge is -2.15. The highest BCUT2D eigenvalue weighted by Crippen LogP contribution is 2.43. The zero-order valence-electron chi connectivity index (χ0n) is 29.1. The molecule has 0 amide bonds. The summed E-state index contributed by atoms with van der Waals surface area (Å²) in [6, 6.07) is 66.2. The van der Waals surface area contributed by atoms with Crippen LogP contribution >= 0.6 is 0 Å². The molecular weight excluding hydrogens is 659 g/mol. The highest BCUT2D eigenvalue weighted by atomic mass is 15.0. The molecule has 0 spiro atoms. The summed E-state index contributed by atoms with van der Waals surface area (Å²) < 4.78 is 4.86. The van der Waals surface area contributed by atoms with E-state index in [2.05, 4.69) is 137 Å². The van der Waals surface area contributed by atoms with Gasteiger partial charge >= 0.3 is 0 Å². The second kappa shape index (κ2) is 12.1. The fourth-order valence-corrected chi connectivity index (χ4v) is 8.16. The van der Waals surface area contributed by atoms with E-state index >= 15 is 0 Å². The molecule has 11 rings (SSSR count). The third kappa shape index (κ3) is 4.69. The van der Waals surface area contributed by atoms with Crippen LogP contribution in [0.15, 0.2) is 188 Å². The minimum Gasteiger partial charge on any atom is -0.309 e. The van der Waals surface area contributed by atoms with Crippen molar-refractivity contribution in [1.29, 1.82) is 0 Å². The van der Waals surface area contributed by atoms with E-state index in [1.165, 1.54) is 32.6 Å². The Morgan fingerprint density at radius 1 is 0.333 bits per heavy atom. The molecule has 0 saturated carbocycles. The molecule has 0 bridgehead atoms. The maximum atomic E-state index is 5.13. The second-order valence-electron chi connectivity index (χ2n) is 13.7. The largest absolute Gasteiger partial charge is 0.309 e. The highest BCUT2D eigenvalue weighted by molar-refractivity contribution is 6.26. The molecule has 252 valence electrons. The van der Waals surface area contributed by atoms with E-state index in [4.69, 9.17) is 15.0 Å². The molecule has 11 aromatic rings. The van der Waals surface area contributed by atoms with E-state index in [-0.39, 0.29) is 0 Å². The van der Waals surface area contributed by atoms with Gasteiger partial charge in [-0.05, 0) is 47.9 Å². The van der Waals surface area contributed by atoms with Crippen molar-refractivity contribution < 1.29 is 0 Å². The van der Waals surface area contributed by atoms with Gasteiger partial charge in [0.1, 0.15) is 0 Å². The fourth-order valence-electron chi connectivity index (χ4n) is 8.16. The monoisotopic (exact) mass is 689 g/mol. The summed E-state index contributed by atoms with van der Waals surface area (Å²) in [6.45, 7) is 0. The molecular formula is C49H31N5. The van der Waals surface area contributed by atoms with Crippen LogP contribution in [0.2, 0.25) is 0 Å². The van der Waals surface area contributed by atoms with Crippen LogP contribution < -0.4 is 0 Å². The predicted octanol–water partition coefficient (Wildman–Crippen LogP) is 12.2. The number of para-hydroxylation sites is 3. The van der Waals surface area contributed by atoms with Crippen LogP contribution in [-0.4, -0.2) is 24.1 Å². The van der Waals surface area contributed by atoms with Crippen LogP contribution in [0.5, 0.6) is 0 Å². The van der Waals surface area contributed by atoms with E-state index in [1.807, 2.05) is 60.7 Å². The molecule has 54 heavy (non-hydrogen) atoms. The number of fused-ring (bicyclic) bond motifs is 8. The van der Waals surface area contributed by atoms with Gasteiger partial charge in [-0.2, -0.15) is 0 Å². The molecule has 5 heteroatoms. The van der Waals surface area contributed by atoms with Gasteiger partial charge in [0, 0.05) is 49.3 Å². The quantitative estimate of drug-likeness (QED) is 0.181. The minimum atomic E-state index is 0.627. The normalized spacial score (nSPS) is 11.7. The van der Waals surface area contributed by atoms with Crippen molar-refractivity contribution in [3.05, 3.63) is 188 Å². The van der Waals surface area contributed by atoms with Gasteiger partial charge in [0.05, 0.1) is 27.8 Å². The zero-order valence-corrected chi connectivity index (χ0v) is 29.1. The van der Waals surface area contributed by atoms with Crippen LogP contribution in [0.1, 0.15) is 0 Å². The van der Waals surface area contributed by atoms with Crippen LogP contribution in [0.25, 0.3) is 99.9 Å². The van der Waals surface area contributed by atoms with Crippen LogP contribution in [-0.2, 0) is 0 Å². The smallest absolute Gasteiger partial charge is 0.164 e. The Balaban J connectivity index is 1.24. The first-order chi connectivity index (χ1) is 26.8. The van der Waals surface area contributed by atoms with Crippen LogP contribution in [0.3, 0.4) is 0 Å². The standard InChI is InChI=1S/C49H31N5/c1-4-16-32(17-5-1)47-50-48(33-18-6-2-7-19-33)52-49(51-47)35-30-34-20-10-11-23-37(34)44(31-35)54-42-27-15-13-25-40(42)45-43(54)29-28-39-38-24-12-14-26-41(38)53(46(39)45)36-21-8-3-9-22-36/h1-31H. The summed E-state index contributed by atoms with van der Waals surface area (Å²) in [5, 5.41) is 7.14. The maximum absolute atomic E-state index is 5.13. The van der Waals surface area contributed by atoms with Gasteiger partial charge in [0.2, 0.25) is 0 Å². The van der Waals surface area contributed by atoms with Gasteiger partial charge in [-0.25, -0.2) is 15.0 Å². The lowest BCUT2D eigenvalue weighted by Crippen LogP contribution is -2.02. The van der Waals surface area contributed by atoms with Crippen molar-refractivity contribution in [2.75, 3.05) is 0 Å². The van der Waals surface area contributed by atoms with Crippen molar-refractivity contribution in [2.45, 2.75) is 0 Å². The van der Waals surface area contributed by atoms with Gasteiger partial charge in [-0.1, -0.05) is 146 Å². The first-order valence-corrected chi connectivity index (χ1v) is 18.2. The molecule has 3 aromatic heterocycles. The van der Waals surface area contributed by atoms with E-state index in [0.717, 1.165) is 49.9 Å². The SMILES string of the molecule is c1ccc(-c2nc(-c3ccccc3)nc(-c3cc(-n4c5ccccc5c5c4ccc4c6ccccc6n(-c6ccccc6)c45)c4ccccc4c3)n2)cc1. The van der Waals surface area contributed by atoms with Crippen molar-refractivity contribution >= 4 is 54.4 Å². The molecule has 0 N–H and O–H groups in total. The average Bonchev–Trinajstić information content (AvgIpc) is 3.77. The fraction of sp³-hybridized carbons (Fsp3) is 0. The zero-order chi connectivity index (χ0) is 35.6. The van der Waals surface area contributed by atoms with E-state index in [0.29, 0.717) is 17.5 Å². The summed E-state index contributed by atoms with van der Waals surface area (Å²) in [5.74, 6) is 1.91. The third-order valence-electron chi connectivity index (χ3n) is 10.5. The molecule has 0 aliphatic rings. The van der Waals surface area contributed by atoms with Crippen molar-refractivity contribution in [2.24, 2.45) is 0 Å². The molecule has 5 nitrogen and oxygen atoms in total. The van der Waals surface area contributed by atoms with Gasteiger partial charge in [0.25, 0.3) is 0 Å². The molecule has 0 saturated heterocycles. The molecule has 3 heterocycles. The summed E-state index contributed by atoms with van der Waals surface area (Å²) >= 11 is 0. The number of hydrogen-bond acceptors (Lipinski definition) is 3. The summed E-state index contributed by atoms with van der Waals surface area (Å²) in [7, 11) is 0. The summed E-state index contributed by atoms with van der Waals surface area (Å²) in [5.41, 5.74) is 9.68. The number of aromatic nitrogens is 5. The molecule has 0 fully saturated rings. The Morgan fingerprint density at radius 3 is 1.52 bits per heavy atom. The topological polar surface area (TPSA) is 48.5 Å². The molecule has 0 radical (unpaired) electrons. The van der Waals surface area contributed by atoms with E-state index < -0.39 is 0 Å². The second-order valence-corrected chi connectivity index (χ2v) is 13.7. The Labute approximate surface area is 311 Å². The Morgan fingerprint density at radius 2 is 0.852 bits per heavy atom. The minimum absolute atomic E-state index is 0.627. The van der Waals surface area contributed by atoms with Crippen molar-refractivity contribution in [3.63, 3.8) is 0 Å². The summed E-state index contributed by atoms with van der Waals surface area (Å²) in [4.78, 5) is 15.2. The van der Waals surface area contributed by atoms with E-state index in [9.17, 15) is 0 Å². The third-order valence-corrected chi connectivity index (χ3v) is 10.5. The Bertz CT molecular complexity index is 3140. The first-order valence-electron chi connectivity index (χ1n) is 18.2.